The topological polar surface area (TPSA) is 54.6 Å². The minimum absolute atomic E-state index is 0.0128. The van der Waals surface area contributed by atoms with E-state index in [0.717, 1.165) is 29.3 Å². The minimum atomic E-state index is 0.0128. The van der Waals surface area contributed by atoms with Crippen molar-refractivity contribution in [1.82, 2.24) is 9.88 Å². The molecule has 1 heterocycles. The van der Waals surface area contributed by atoms with E-state index >= 15 is 0 Å². The average molecular weight is 350 g/mol. The zero-order valence-electron chi connectivity index (χ0n) is 15.0. The Morgan fingerprint density at radius 3 is 2.46 bits per heavy atom. The highest BCUT2D eigenvalue weighted by Crippen LogP contribution is 2.32. The molecule has 1 aliphatic rings. The summed E-state index contributed by atoms with van der Waals surface area (Å²) in [5, 5.41) is 1.16. The van der Waals surface area contributed by atoms with Gasteiger partial charge in [0, 0.05) is 35.9 Å². The van der Waals surface area contributed by atoms with E-state index in [9.17, 15) is 4.79 Å². The van der Waals surface area contributed by atoms with Crippen molar-refractivity contribution in [2.75, 3.05) is 14.2 Å². The van der Waals surface area contributed by atoms with Crippen molar-refractivity contribution >= 4 is 16.8 Å². The number of aromatic nitrogens is 1. The van der Waals surface area contributed by atoms with Crippen molar-refractivity contribution in [3.05, 3.63) is 59.8 Å². The third-order valence-electron chi connectivity index (χ3n) is 4.82. The molecule has 5 heteroatoms. The maximum absolute atomic E-state index is 13.2. The zero-order chi connectivity index (χ0) is 18.1. The summed E-state index contributed by atoms with van der Waals surface area (Å²) in [7, 11) is 3.18. The molecule has 134 valence electrons. The maximum Gasteiger partial charge on any atom is 0.254 e. The number of carbonyl (C=O) groups is 1. The first-order chi connectivity index (χ1) is 12.7. The molecule has 1 fully saturated rings. The molecular formula is C21H22N2O3. The SMILES string of the molecule is COc1cc(OC)cc(C(=O)N(Cc2ccc3[nH]ccc3c2)C2CC2)c1. The Kier molecular flexibility index (Phi) is 4.29. The molecule has 1 aromatic heterocycles. The maximum atomic E-state index is 13.2. The molecular weight excluding hydrogens is 328 g/mol. The van der Waals surface area contributed by atoms with E-state index in [1.165, 1.54) is 0 Å². The number of nitrogens with one attached hydrogen (secondary N) is 1. The van der Waals surface area contributed by atoms with E-state index in [0.29, 0.717) is 29.6 Å². The smallest absolute Gasteiger partial charge is 0.254 e. The lowest BCUT2D eigenvalue weighted by Crippen LogP contribution is -2.32. The van der Waals surface area contributed by atoms with Gasteiger partial charge in [0.15, 0.2) is 0 Å². The Hall–Kier alpha value is -2.95. The van der Waals surface area contributed by atoms with Gasteiger partial charge in [0.05, 0.1) is 14.2 Å². The van der Waals surface area contributed by atoms with Crippen LogP contribution in [-0.2, 0) is 6.54 Å². The quantitative estimate of drug-likeness (QED) is 0.731. The van der Waals surface area contributed by atoms with Crippen LogP contribution in [0.4, 0.5) is 0 Å². The summed E-state index contributed by atoms with van der Waals surface area (Å²) in [6, 6.07) is 14.0. The summed E-state index contributed by atoms with van der Waals surface area (Å²) in [4.78, 5) is 18.4. The Morgan fingerprint density at radius 1 is 1.08 bits per heavy atom. The number of H-pyrrole nitrogens is 1. The van der Waals surface area contributed by atoms with Gasteiger partial charge in [-0.1, -0.05) is 6.07 Å². The van der Waals surface area contributed by atoms with Gasteiger partial charge in [0.25, 0.3) is 5.91 Å². The lowest BCUT2D eigenvalue weighted by molar-refractivity contribution is 0.0729. The number of hydrogen-bond acceptors (Lipinski definition) is 3. The molecule has 0 atom stereocenters. The molecule has 1 aliphatic carbocycles. The number of aromatic amines is 1. The first kappa shape index (κ1) is 16.5. The van der Waals surface area contributed by atoms with Crippen LogP contribution < -0.4 is 9.47 Å². The average Bonchev–Trinajstić information content (AvgIpc) is 3.41. The van der Waals surface area contributed by atoms with Crippen molar-refractivity contribution in [1.29, 1.82) is 0 Å². The van der Waals surface area contributed by atoms with Gasteiger partial charge < -0.3 is 19.4 Å². The number of fused-ring (bicyclic) bond motifs is 1. The summed E-state index contributed by atoms with van der Waals surface area (Å²) in [6.45, 7) is 0.601. The van der Waals surface area contributed by atoms with E-state index in [1.54, 1.807) is 32.4 Å². The number of ether oxygens (including phenoxy) is 2. The second kappa shape index (κ2) is 6.75. The molecule has 0 radical (unpaired) electrons. The van der Waals surface area contributed by atoms with Crippen LogP contribution in [-0.4, -0.2) is 36.1 Å². The summed E-state index contributed by atoms with van der Waals surface area (Å²) in [6.07, 6.45) is 4.04. The van der Waals surface area contributed by atoms with Gasteiger partial charge >= 0.3 is 0 Å². The molecule has 5 nitrogen and oxygen atoms in total. The van der Waals surface area contributed by atoms with Gasteiger partial charge in [-0.2, -0.15) is 0 Å². The summed E-state index contributed by atoms with van der Waals surface area (Å²) in [5.41, 5.74) is 2.83. The summed E-state index contributed by atoms with van der Waals surface area (Å²) < 4.78 is 10.6. The van der Waals surface area contributed by atoms with Gasteiger partial charge in [-0.05, 0) is 54.1 Å². The number of methoxy groups -OCH3 is 2. The predicted octanol–water partition coefficient (Wildman–Crippen LogP) is 3.99. The summed E-state index contributed by atoms with van der Waals surface area (Å²) in [5.74, 6) is 1.26. The lowest BCUT2D eigenvalue weighted by Gasteiger charge is -2.23. The fraction of sp³-hybridized carbons (Fsp3) is 0.286. The second-order valence-corrected chi connectivity index (χ2v) is 6.66. The number of carbonyl (C=O) groups excluding carboxylic acids is 1. The first-order valence-electron chi connectivity index (χ1n) is 8.78. The second-order valence-electron chi connectivity index (χ2n) is 6.66. The van der Waals surface area contributed by atoms with Gasteiger partial charge in [-0.3, -0.25) is 4.79 Å². The number of nitrogens with zero attached hydrogens (tertiary/aromatic N) is 1. The molecule has 2 aromatic carbocycles. The largest absolute Gasteiger partial charge is 0.497 e. The lowest BCUT2D eigenvalue weighted by atomic mass is 10.1. The molecule has 0 aliphatic heterocycles. The van der Waals surface area contributed by atoms with E-state index in [4.69, 9.17) is 9.47 Å². The van der Waals surface area contributed by atoms with Crippen molar-refractivity contribution in [2.24, 2.45) is 0 Å². The highest BCUT2D eigenvalue weighted by Gasteiger charge is 2.33. The standard InChI is InChI=1S/C21H22N2O3/c1-25-18-10-16(11-19(12-18)26-2)21(24)23(17-4-5-17)13-14-3-6-20-15(9-14)7-8-22-20/h3,6-12,17,22H,4-5,13H2,1-2H3. The number of amides is 1. The molecule has 26 heavy (non-hydrogen) atoms. The molecule has 3 aromatic rings. The van der Waals surface area contributed by atoms with Crippen molar-refractivity contribution in [3.8, 4) is 11.5 Å². The van der Waals surface area contributed by atoms with Gasteiger partial charge in [-0.15, -0.1) is 0 Å². The van der Waals surface area contributed by atoms with Crippen molar-refractivity contribution < 1.29 is 14.3 Å². The zero-order valence-corrected chi connectivity index (χ0v) is 15.0. The van der Waals surface area contributed by atoms with Gasteiger partial charge in [0.2, 0.25) is 0 Å². The van der Waals surface area contributed by atoms with E-state index in [2.05, 4.69) is 29.2 Å². The van der Waals surface area contributed by atoms with Gasteiger partial charge in [-0.25, -0.2) is 0 Å². The van der Waals surface area contributed by atoms with Crippen LogP contribution in [0.2, 0.25) is 0 Å². The Balaban J connectivity index is 1.62. The molecule has 0 bridgehead atoms. The third kappa shape index (κ3) is 3.25. The van der Waals surface area contributed by atoms with E-state index in [-0.39, 0.29) is 5.91 Å². The fourth-order valence-electron chi connectivity index (χ4n) is 3.25. The Labute approximate surface area is 152 Å². The van der Waals surface area contributed by atoms with Crippen LogP contribution in [0.25, 0.3) is 10.9 Å². The van der Waals surface area contributed by atoms with Gasteiger partial charge in [0.1, 0.15) is 11.5 Å². The molecule has 1 amide bonds. The molecule has 1 N–H and O–H groups in total. The molecule has 0 unspecified atom stereocenters. The number of hydrogen-bond donors (Lipinski definition) is 1. The predicted molar refractivity (Wildman–Crippen MR) is 101 cm³/mol. The normalized spacial score (nSPS) is 13.6. The number of rotatable bonds is 6. The van der Waals surface area contributed by atoms with Crippen LogP contribution in [0.1, 0.15) is 28.8 Å². The molecule has 1 saturated carbocycles. The third-order valence-corrected chi connectivity index (χ3v) is 4.82. The van der Waals surface area contributed by atoms with Crippen LogP contribution >= 0.6 is 0 Å². The van der Waals surface area contributed by atoms with Crippen LogP contribution in [0.3, 0.4) is 0 Å². The van der Waals surface area contributed by atoms with Crippen molar-refractivity contribution in [2.45, 2.75) is 25.4 Å². The molecule has 4 rings (SSSR count). The van der Waals surface area contributed by atoms with E-state index < -0.39 is 0 Å². The molecule has 0 saturated heterocycles. The molecule has 0 spiro atoms. The monoisotopic (exact) mass is 350 g/mol. The fourth-order valence-corrected chi connectivity index (χ4v) is 3.25. The number of benzene rings is 2. The van der Waals surface area contributed by atoms with E-state index in [1.807, 2.05) is 11.1 Å². The first-order valence-corrected chi connectivity index (χ1v) is 8.78. The van der Waals surface area contributed by atoms with Crippen LogP contribution in [0, 0.1) is 0 Å². The minimum Gasteiger partial charge on any atom is -0.497 e. The summed E-state index contributed by atoms with van der Waals surface area (Å²) >= 11 is 0. The highest BCUT2D eigenvalue weighted by atomic mass is 16.5. The van der Waals surface area contributed by atoms with Crippen LogP contribution in [0.15, 0.2) is 48.7 Å². The van der Waals surface area contributed by atoms with Crippen molar-refractivity contribution in [3.63, 3.8) is 0 Å². The Bertz CT molecular complexity index is 921. The Morgan fingerprint density at radius 2 is 1.81 bits per heavy atom. The van der Waals surface area contributed by atoms with Crippen LogP contribution in [0.5, 0.6) is 11.5 Å². The highest BCUT2D eigenvalue weighted by molar-refractivity contribution is 5.95.